The Morgan fingerprint density at radius 3 is 2.75 bits per heavy atom. The number of ether oxygens (including phenoxy) is 2. The lowest BCUT2D eigenvalue weighted by Gasteiger charge is -2.10. The molecule has 9 nitrogen and oxygen atoms in total. The van der Waals surface area contributed by atoms with Gasteiger partial charge in [0, 0.05) is 18.5 Å². The molecular formula is C19H16N6O3. The Labute approximate surface area is 160 Å². The first-order valence-corrected chi connectivity index (χ1v) is 8.38. The number of aromatic nitrogens is 5. The van der Waals surface area contributed by atoms with Gasteiger partial charge in [-0.25, -0.2) is 15.0 Å². The molecule has 4 rings (SSSR count). The maximum atomic E-state index is 12.8. The predicted molar refractivity (Wildman–Crippen MR) is 101 cm³/mol. The number of methoxy groups -OCH3 is 1. The first-order chi connectivity index (χ1) is 13.6. The number of carbonyl (C=O) groups is 1. The summed E-state index contributed by atoms with van der Waals surface area (Å²) in [6.07, 6.45) is 8.20. The summed E-state index contributed by atoms with van der Waals surface area (Å²) in [4.78, 5) is 29.5. The monoisotopic (exact) mass is 376 g/mol. The number of hydrogen-bond acceptors (Lipinski definition) is 7. The quantitative estimate of drug-likeness (QED) is 0.571. The highest BCUT2D eigenvalue weighted by Crippen LogP contribution is 2.24. The van der Waals surface area contributed by atoms with Crippen molar-refractivity contribution < 1.29 is 14.3 Å². The van der Waals surface area contributed by atoms with E-state index in [1.807, 2.05) is 0 Å². The molecule has 4 heterocycles. The van der Waals surface area contributed by atoms with E-state index in [4.69, 9.17) is 9.47 Å². The molecule has 0 saturated carbocycles. The lowest BCUT2D eigenvalue weighted by atomic mass is 10.2. The Morgan fingerprint density at radius 2 is 1.96 bits per heavy atom. The van der Waals surface area contributed by atoms with Crippen molar-refractivity contribution in [2.24, 2.45) is 0 Å². The number of imidazole rings is 1. The van der Waals surface area contributed by atoms with E-state index in [1.165, 1.54) is 7.11 Å². The number of fused-ring (bicyclic) bond motifs is 1. The minimum Gasteiger partial charge on any atom is -0.481 e. The molecule has 140 valence electrons. The van der Waals surface area contributed by atoms with E-state index in [0.717, 1.165) is 0 Å². The SMILES string of the molecule is COc1cccc(NC(=O)c2cc(Oc3cnc(C)nc3)cn3ccnc23)n1. The Morgan fingerprint density at radius 1 is 1.14 bits per heavy atom. The smallest absolute Gasteiger partial charge is 0.260 e. The fraction of sp³-hybridized carbons (Fsp3) is 0.105. The topological polar surface area (TPSA) is 104 Å². The molecule has 0 fully saturated rings. The summed E-state index contributed by atoms with van der Waals surface area (Å²) in [5.41, 5.74) is 0.827. The summed E-state index contributed by atoms with van der Waals surface area (Å²) in [5, 5.41) is 2.75. The minimum atomic E-state index is -0.373. The van der Waals surface area contributed by atoms with E-state index in [0.29, 0.717) is 40.2 Å². The van der Waals surface area contributed by atoms with E-state index in [2.05, 4.69) is 25.3 Å². The van der Waals surface area contributed by atoms with Gasteiger partial charge in [0.1, 0.15) is 23.0 Å². The summed E-state index contributed by atoms with van der Waals surface area (Å²) in [7, 11) is 1.51. The number of amides is 1. The van der Waals surface area contributed by atoms with Crippen molar-refractivity contribution in [3.05, 3.63) is 66.6 Å². The van der Waals surface area contributed by atoms with E-state index in [9.17, 15) is 4.79 Å². The van der Waals surface area contributed by atoms with Crippen LogP contribution < -0.4 is 14.8 Å². The van der Waals surface area contributed by atoms with Gasteiger partial charge in [-0.2, -0.15) is 4.98 Å². The Hall–Kier alpha value is -4.01. The predicted octanol–water partition coefficient (Wildman–Crippen LogP) is 2.88. The third-order valence-corrected chi connectivity index (χ3v) is 3.87. The van der Waals surface area contributed by atoms with E-state index < -0.39 is 0 Å². The molecule has 1 N–H and O–H groups in total. The van der Waals surface area contributed by atoms with Gasteiger partial charge in [0.25, 0.3) is 5.91 Å². The van der Waals surface area contributed by atoms with Gasteiger partial charge in [0.2, 0.25) is 5.88 Å². The highest BCUT2D eigenvalue weighted by molar-refractivity contribution is 6.08. The van der Waals surface area contributed by atoms with Crippen LogP contribution in [0.1, 0.15) is 16.2 Å². The molecule has 4 aromatic rings. The first kappa shape index (κ1) is 17.4. The molecule has 0 unspecified atom stereocenters. The Bertz CT molecular complexity index is 1140. The number of rotatable bonds is 5. The van der Waals surface area contributed by atoms with Crippen LogP contribution in [-0.4, -0.2) is 37.4 Å². The van der Waals surface area contributed by atoms with Crippen molar-refractivity contribution in [1.29, 1.82) is 0 Å². The molecule has 4 aromatic heterocycles. The average molecular weight is 376 g/mol. The number of anilines is 1. The largest absolute Gasteiger partial charge is 0.481 e. The zero-order valence-corrected chi connectivity index (χ0v) is 15.2. The van der Waals surface area contributed by atoms with Gasteiger partial charge in [-0.1, -0.05) is 6.07 Å². The van der Waals surface area contributed by atoms with Crippen LogP contribution in [0.2, 0.25) is 0 Å². The van der Waals surface area contributed by atoms with Crippen LogP contribution in [0.4, 0.5) is 5.82 Å². The van der Waals surface area contributed by atoms with Crippen LogP contribution in [0.25, 0.3) is 5.65 Å². The molecule has 0 bridgehead atoms. The van der Waals surface area contributed by atoms with Crippen LogP contribution >= 0.6 is 0 Å². The average Bonchev–Trinajstić information content (AvgIpc) is 3.18. The van der Waals surface area contributed by atoms with Gasteiger partial charge in [-0.05, 0) is 19.1 Å². The molecule has 9 heteroatoms. The van der Waals surface area contributed by atoms with Crippen molar-refractivity contribution in [2.45, 2.75) is 6.92 Å². The van der Waals surface area contributed by atoms with Gasteiger partial charge in [0.15, 0.2) is 5.75 Å². The number of aryl methyl sites for hydroxylation is 1. The highest BCUT2D eigenvalue weighted by atomic mass is 16.5. The van der Waals surface area contributed by atoms with E-state index >= 15 is 0 Å². The van der Waals surface area contributed by atoms with Gasteiger partial charge in [0.05, 0.1) is 31.3 Å². The van der Waals surface area contributed by atoms with E-state index in [1.54, 1.807) is 66.6 Å². The molecule has 1 amide bonds. The van der Waals surface area contributed by atoms with Crippen LogP contribution in [0.3, 0.4) is 0 Å². The molecule has 0 aliphatic carbocycles. The van der Waals surface area contributed by atoms with Crippen molar-refractivity contribution in [3.8, 4) is 17.4 Å². The summed E-state index contributed by atoms with van der Waals surface area (Å²) < 4.78 is 12.6. The molecule has 0 aliphatic rings. The van der Waals surface area contributed by atoms with Crippen LogP contribution in [0.5, 0.6) is 17.4 Å². The highest BCUT2D eigenvalue weighted by Gasteiger charge is 2.16. The van der Waals surface area contributed by atoms with Crippen LogP contribution in [-0.2, 0) is 0 Å². The molecular weight excluding hydrogens is 360 g/mol. The van der Waals surface area contributed by atoms with Crippen molar-refractivity contribution in [1.82, 2.24) is 24.3 Å². The van der Waals surface area contributed by atoms with Crippen LogP contribution in [0.15, 0.2) is 55.2 Å². The molecule has 0 spiro atoms. The summed E-state index contributed by atoms with van der Waals surface area (Å²) in [6.45, 7) is 1.79. The zero-order chi connectivity index (χ0) is 19.5. The number of nitrogens with zero attached hydrogens (tertiary/aromatic N) is 5. The molecule has 0 radical (unpaired) electrons. The van der Waals surface area contributed by atoms with Gasteiger partial charge >= 0.3 is 0 Å². The molecule has 28 heavy (non-hydrogen) atoms. The second-order valence-corrected chi connectivity index (χ2v) is 5.83. The number of hydrogen-bond donors (Lipinski definition) is 1. The lowest BCUT2D eigenvalue weighted by Crippen LogP contribution is -2.14. The lowest BCUT2D eigenvalue weighted by molar-refractivity contribution is 0.102. The van der Waals surface area contributed by atoms with Gasteiger partial charge in [-0.15, -0.1) is 0 Å². The molecule has 0 aliphatic heterocycles. The summed E-state index contributed by atoms with van der Waals surface area (Å²) >= 11 is 0. The van der Waals surface area contributed by atoms with Gasteiger partial charge in [-0.3, -0.25) is 4.79 Å². The molecule has 0 atom stereocenters. The van der Waals surface area contributed by atoms with Crippen molar-refractivity contribution >= 4 is 17.4 Å². The fourth-order valence-corrected chi connectivity index (χ4v) is 2.58. The number of nitrogens with one attached hydrogen (secondary N) is 1. The first-order valence-electron chi connectivity index (χ1n) is 8.38. The minimum absolute atomic E-state index is 0.333. The summed E-state index contributed by atoms with van der Waals surface area (Å²) in [6, 6.07) is 6.72. The molecule has 0 saturated heterocycles. The molecule has 0 aromatic carbocycles. The van der Waals surface area contributed by atoms with E-state index in [-0.39, 0.29) is 5.91 Å². The third kappa shape index (κ3) is 3.58. The standard InChI is InChI=1S/C19H16N6O3/c1-12-21-9-14(10-22-12)28-13-8-15(18-20-6-7-25(18)11-13)19(26)24-16-4-3-5-17(23-16)27-2/h3-11H,1-2H3,(H,23,24,26). The van der Waals surface area contributed by atoms with Crippen molar-refractivity contribution in [2.75, 3.05) is 12.4 Å². The third-order valence-electron chi connectivity index (χ3n) is 3.87. The Balaban J connectivity index is 1.66. The zero-order valence-electron chi connectivity index (χ0n) is 15.2. The number of pyridine rings is 2. The second kappa shape index (κ2) is 7.31. The maximum absolute atomic E-state index is 12.8. The second-order valence-electron chi connectivity index (χ2n) is 5.83. The van der Waals surface area contributed by atoms with Gasteiger partial charge < -0.3 is 19.2 Å². The van der Waals surface area contributed by atoms with Crippen LogP contribution in [0, 0.1) is 6.92 Å². The maximum Gasteiger partial charge on any atom is 0.260 e. The van der Waals surface area contributed by atoms with Crippen molar-refractivity contribution in [3.63, 3.8) is 0 Å². The number of carbonyl (C=O) groups excluding carboxylic acids is 1. The normalized spacial score (nSPS) is 10.6. The fourth-order valence-electron chi connectivity index (χ4n) is 2.58. The Kier molecular flexibility index (Phi) is 4.55. The summed E-state index contributed by atoms with van der Waals surface area (Å²) in [5.74, 6) is 1.95.